The first-order valence-corrected chi connectivity index (χ1v) is 3.78. The molecule has 2 aromatic rings. The van der Waals surface area contributed by atoms with E-state index in [1.165, 1.54) is 0 Å². The first kappa shape index (κ1) is 8.37. The third-order valence-electron chi connectivity index (χ3n) is 2.17. The van der Waals surface area contributed by atoms with Crippen molar-refractivity contribution in [1.82, 2.24) is 4.68 Å². The maximum atomic E-state index is 11.3. The van der Waals surface area contributed by atoms with E-state index in [1.807, 2.05) is 24.3 Å². The summed E-state index contributed by atoms with van der Waals surface area (Å²) >= 11 is 0. The lowest BCUT2D eigenvalue weighted by molar-refractivity contribution is -0.865. The molecule has 1 aromatic heterocycles. The number of hydrogen-bond acceptors (Lipinski definition) is 2. The highest BCUT2D eigenvalue weighted by molar-refractivity contribution is 5.91. The topological polar surface area (TPSA) is 44.5 Å². The minimum atomic E-state index is -0.0637. The van der Waals surface area contributed by atoms with E-state index >= 15 is 0 Å². The van der Waals surface area contributed by atoms with Gasteiger partial charge in [-0.25, -0.2) is 5.43 Å². The molecule has 1 aliphatic rings. The molecule has 0 spiro atoms. The van der Waals surface area contributed by atoms with Crippen LogP contribution in [0.3, 0.4) is 0 Å². The molecular weight excluding hydrogens is 190 g/mol. The lowest BCUT2D eigenvalue weighted by Gasteiger charge is -2.15. The number of aromatic nitrogens is 1. The van der Waals surface area contributed by atoms with Crippen LogP contribution in [0.5, 0.6) is 0 Å². The summed E-state index contributed by atoms with van der Waals surface area (Å²) < 4.78 is 1.63. The molecular formula is C8H8ClN3O. The van der Waals surface area contributed by atoms with Crippen molar-refractivity contribution in [3.8, 4) is 0 Å². The molecule has 5 heteroatoms. The van der Waals surface area contributed by atoms with E-state index in [2.05, 4.69) is 5.43 Å². The smallest absolute Gasteiger partial charge is 0.132 e. The molecule has 2 N–H and O–H groups in total. The van der Waals surface area contributed by atoms with Crippen LogP contribution in [0.15, 0.2) is 30.5 Å². The summed E-state index contributed by atoms with van der Waals surface area (Å²) in [5, 5.41) is 12.3. The molecule has 1 aromatic carbocycles. The average molecular weight is 198 g/mol. The minimum absolute atomic E-state index is 0. The number of para-hydroxylation sites is 1. The first-order chi connectivity index (χ1) is 5.86. The zero-order valence-corrected chi connectivity index (χ0v) is 7.47. The third-order valence-corrected chi connectivity index (χ3v) is 2.17. The maximum Gasteiger partial charge on any atom is 0.132 e. The van der Waals surface area contributed by atoms with Gasteiger partial charge >= 0.3 is 0 Å². The molecule has 0 aliphatic carbocycles. The molecule has 1 atom stereocenters. The summed E-state index contributed by atoms with van der Waals surface area (Å²) in [5.41, 5.74) is 4.67. The van der Waals surface area contributed by atoms with Crippen LogP contribution < -0.4 is 10.7 Å². The zero-order valence-electron chi connectivity index (χ0n) is 6.65. The van der Waals surface area contributed by atoms with Crippen LogP contribution in [0.1, 0.15) is 0 Å². The molecule has 0 bridgehead atoms. The Labute approximate surface area is 80.7 Å². The molecule has 68 valence electrons. The molecule has 0 fully saturated rings. The van der Waals surface area contributed by atoms with Crippen molar-refractivity contribution in [2.45, 2.75) is 0 Å². The minimum Gasteiger partial charge on any atom is -0.582 e. The van der Waals surface area contributed by atoms with E-state index in [0.717, 1.165) is 16.6 Å². The van der Waals surface area contributed by atoms with Gasteiger partial charge in [0.15, 0.2) is 0 Å². The van der Waals surface area contributed by atoms with E-state index in [9.17, 15) is 5.21 Å². The summed E-state index contributed by atoms with van der Waals surface area (Å²) in [6, 6.07) is 7.78. The van der Waals surface area contributed by atoms with Crippen LogP contribution in [0.2, 0.25) is 0 Å². The van der Waals surface area contributed by atoms with Crippen LogP contribution in [0.25, 0.3) is 10.9 Å². The Morgan fingerprint density at radius 3 is 3.00 bits per heavy atom. The molecule has 1 unspecified atom stereocenters. The summed E-state index contributed by atoms with van der Waals surface area (Å²) in [6.45, 7) is 0. The third kappa shape index (κ3) is 0.935. The summed E-state index contributed by atoms with van der Waals surface area (Å²) in [4.78, 5) is 0. The van der Waals surface area contributed by atoms with Gasteiger partial charge in [0.1, 0.15) is 11.2 Å². The van der Waals surface area contributed by atoms with E-state index in [0.29, 0.717) is 0 Å². The molecule has 0 saturated carbocycles. The second-order valence-electron chi connectivity index (χ2n) is 2.86. The van der Waals surface area contributed by atoms with Gasteiger partial charge in [-0.05, 0) is 12.1 Å². The number of nitrogens with zero attached hydrogens (tertiary/aromatic N) is 1. The normalized spacial score (nSPS) is 18.4. The molecule has 0 amide bonds. The van der Waals surface area contributed by atoms with E-state index < -0.39 is 0 Å². The number of nitrogens with one attached hydrogen (secondary N) is 2. The Morgan fingerprint density at radius 1 is 1.31 bits per heavy atom. The van der Waals surface area contributed by atoms with Crippen molar-refractivity contribution in [2.75, 3.05) is 5.43 Å². The van der Waals surface area contributed by atoms with Gasteiger partial charge in [-0.3, -0.25) is 0 Å². The predicted octanol–water partition coefficient (Wildman–Crippen LogP) is 0.549. The number of benzene rings is 1. The van der Waals surface area contributed by atoms with Gasteiger partial charge in [-0.1, -0.05) is 12.1 Å². The van der Waals surface area contributed by atoms with Gasteiger partial charge in [0, 0.05) is 5.39 Å². The van der Waals surface area contributed by atoms with E-state index in [4.69, 9.17) is 0 Å². The summed E-state index contributed by atoms with van der Waals surface area (Å²) in [7, 11) is 0. The number of hydrogen-bond donors (Lipinski definition) is 2. The standard InChI is InChI=1S/C8H7N3O.ClH/c12-11-9-7-3-1-2-6-4-5-10(11)8(6)7;/h1-5,9,11H;1H. The molecule has 2 heterocycles. The summed E-state index contributed by atoms with van der Waals surface area (Å²) in [6.07, 6.45) is 1.79. The van der Waals surface area contributed by atoms with E-state index in [1.54, 1.807) is 10.9 Å². The molecule has 1 aliphatic heterocycles. The largest absolute Gasteiger partial charge is 0.582 e. The second-order valence-corrected chi connectivity index (χ2v) is 2.86. The quantitative estimate of drug-likeness (QED) is 0.606. The van der Waals surface area contributed by atoms with Crippen molar-refractivity contribution in [1.29, 1.82) is 0 Å². The van der Waals surface area contributed by atoms with Gasteiger partial charge in [0.25, 0.3) is 0 Å². The monoisotopic (exact) mass is 197 g/mol. The Balaban J connectivity index is 0.000000653. The molecule has 13 heavy (non-hydrogen) atoms. The molecule has 0 saturated heterocycles. The van der Waals surface area contributed by atoms with Crippen molar-refractivity contribution < 1.29 is 5.28 Å². The van der Waals surface area contributed by atoms with Crippen LogP contribution in [0, 0.1) is 5.21 Å². The SMILES string of the molecule is Cl.[O-][NH+]1Nc2cccc3ccn1c23. The van der Waals surface area contributed by atoms with Crippen molar-refractivity contribution in [2.24, 2.45) is 0 Å². The number of anilines is 1. The van der Waals surface area contributed by atoms with E-state index in [-0.39, 0.29) is 17.7 Å². The molecule has 0 radical (unpaired) electrons. The fourth-order valence-corrected chi connectivity index (χ4v) is 1.64. The highest BCUT2D eigenvalue weighted by Crippen LogP contribution is 2.23. The van der Waals surface area contributed by atoms with Gasteiger partial charge in [0.2, 0.25) is 0 Å². The van der Waals surface area contributed by atoms with Gasteiger partial charge in [-0.2, -0.15) is 9.96 Å². The van der Waals surface area contributed by atoms with Crippen molar-refractivity contribution in [3.63, 3.8) is 0 Å². The number of halogens is 1. The van der Waals surface area contributed by atoms with Gasteiger partial charge in [-0.15, -0.1) is 12.4 Å². The van der Waals surface area contributed by atoms with Gasteiger partial charge in [0.05, 0.1) is 6.20 Å². The molecule has 3 rings (SSSR count). The number of rotatable bonds is 0. The van der Waals surface area contributed by atoms with Crippen molar-refractivity contribution >= 4 is 29.0 Å². The zero-order chi connectivity index (χ0) is 8.13. The first-order valence-electron chi connectivity index (χ1n) is 3.78. The predicted molar refractivity (Wildman–Crippen MR) is 52.5 cm³/mol. The fraction of sp³-hybridized carbons (Fsp3) is 0. The van der Waals surface area contributed by atoms with Crippen molar-refractivity contribution in [3.05, 3.63) is 35.7 Å². The molecule has 4 nitrogen and oxygen atoms in total. The Hall–Kier alpha value is -1.23. The maximum absolute atomic E-state index is 11.3. The second kappa shape index (κ2) is 2.63. The Bertz CT molecular complexity index is 454. The lowest BCUT2D eigenvalue weighted by Crippen LogP contribution is -3.11. The van der Waals surface area contributed by atoms with Crippen LogP contribution >= 0.6 is 12.4 Å². The lowest BCUT2D eigenvalue weighted by atomic mass is 10.2. The van der Waals surface area contributed by atoms with Gasteiger partial charge < -0.3 is 5.21 Å². The average Bonchev–Trinajstić information content (AvgIpc) is 2.60. The Morgan fingerprint density at radius 2 is 2.15 bits per heavy atom. The van der Waals surface area contributed by atoms with Crippen LogP contribution in [-0.4, -0.2) is 4.68 Å². The summed E-state index contributed by atoms with van der Waals surface area (Å²) in [5.74, 6) is 0. The number of quaternary nitrogens is 1. The highest BCUT2D eigenvalue weighted by Gasteiger charge is 2.18. The fourth-order valence-electron chi connectivity index (χ4n) is 1.64. The van der Waals surface area contributed by atoms with Crippen LogP contribution in [0.4, 0.5) is 5.69 Å². The van der Waals surface area contributed by atoms with Crippen LogP contribution in [-0.2, 0) is 0 Å². The Kier molecular flexibility index (Phi) is 1.69. The highest BCUT2D eigenvalue weighted by atomic mass is 35.5.